The number of carboxylic acid groups (broad SMARTS) is 1. The van der Waals surface area contributed by atoms with E-state index < -0.39 is 11.4 Å². The van der Waals surface area contributed by atoms with Crippen molar-refractivity contribution in [2.75, 3.05) is 11.4 Å². The van der Waals surface area contributed by atoms with E-state index in [0.29, 0.717) is 25.3 Å². The molecule has 3 rings (SSSR count). The van der Waals surface area contributed by atoms with E-state index in [1.165, 1.54) is 0 Å². The Morgan fingerprint density at radius 1 is 1.32 bits per heavy atom. The van der Waals surface area contributed by atoms with Crippen LogP contribution in [0, 0.1) is 5.41 Å². The fraction of sp³-hybridized carbons (Fsp3) is 0.467. The number of hydrogen-bond donors (Lipinski definition) is 1. The summed E-state index contributed by atoms with van der Waals surface area (Å²) >= 11 is 0. The van der Waals surface area contributed by atoms with E-state index in [9.17, 15) is 14.7 Å². The summed E-state index contributed by atoms with van der Waals surface area (Å²) in [5.41, 5.74) is 0.885. The van der Waals surface area contributed by atoms with Gasteiger partial charge in [0.05, 0.1) is 0 Å². The fourth-order valence-corrected chi connectivity index (χ4v) is 2.86. The van der Waals surface area contributed by atoms with Crippen LogP contribution < -0.4 is 4.90 Å². The van der Waals surface area contributed by atoms with Crippen molar-refractivity contribution in [3.63, 3.8) is 0 Å². The molecule has 1 aliphatic carbocycles. The van der Waals surface area contributed by atoms with E-state index in [4.69, 9.17) is 0 Å². The van der Waals surface area contributed by atoms with Gasteiger partial charge >= 0.3 is 5.97 Å². The zero-order valence-electron chi connectivity index (χ0n) is 10.9. The SMILES string of the molecule is CC1CCN(C(=O)C2(C(=O)O)CC2)c2ccccc21. The summed E-state index contributed by atoms with van der Waals surface area (Å²) in [6.45, 7) is 2.76. The Balaban J connectivity index is 1.97. The van der Waals surface area contributed by atoms with Crippen LogP contribution in [0.4, 0.5) is 5.69 Å². The van der Waals surface area contributed by atoms with E-state index in [-0.39, 0.29) is 5.91 Å². The molecule has 1 saturated carbocycles. The first kappa shape index (κ1) is 12.2. The molecule has 1 aromatic rings. The number of aliphatic carboxylic acids is 1. The van der Waals surface area contributed by atoms with Crippen molar-refractivity contribution in [1.29, 1.82) is 0 Å². The molecule has 4 nitrogen and oxygen atoms in total. The maximum Gasteiger partial charge on any atom is 0.319 e. The Bertz CT molecular complexity index is 548. The van der Waals surface area contributed by atoms with Gasteiger partial charge in [-0.2, -0.15) is 0 Å². The van der Waals surface area contributed by atoms with Gasteiger partial charge in [-0.3, -0.25) is 9.59 Å². The second-order valence-corrected chi connectivity index (χ2v) is 5.59. The molecule has 19 heavy (non-hydrogen) atoms. The molecule has 1 atom stereocenters. The van der Waals surface area contributed by atoms with Crippen molar-refractivity contribution in [3.8, 4) is 0 Å². The molecule has 1 unspecified atom stereocenters. The molecule has 0 aromatic heterocycles. The van der Waals surface area contributed by atoms with Gasteiger partial charge in [-0.15, -0.1) is 0 Å². The Labute approximate surface area is 112 Å². The number of fused-ring (bicyclic) bond motifs is 1. The monoisotopic (exact) mass is 259 g/mol. The highest BCUT2D eigenvalue weighted by molar-refractivity contribution is 6.12. The van der Waals surface area contributed by atoms with Crippen LogP contribution >= 0.6 is 0 Å². The number of carbonyl (C=O) groups is 2. The highest BCUT2D eigenvalue weighted by Gasteiger charge is 2.59. The summed E-state index contributed by atoms with van der Waals surface area (Å²) in [7, 11) is 0. The average Bonchev–Trinajstić information content (AvgIpc) is 3.20. The summed E-state index contributed by atoms with van der Waals surface area (Å²) in [5.74, 6) is -0.798. The highest BCUT2D eigenvalue weighted by atomic mass is 16.4. The van der Waals surface area contributed by atoms with Crippen LogP contribution in [0.3, 0.4) is 0 Å². The van der Waals surface area contributed by atoms with E-state index in [1.54, 1.807) is 4.90 Å². The average molecular weight is 259 g/mol. The van der Waals surface area contributed by atoms with Crippen molar-refractivity contribution in [2.45, 2.75) is 32.1 Å². The lowest BCUT2D eigenvalue weighted by Crippen LogP contribution is -2.44. The second kappa shape index (κ2) is 4.08. The van der Waals surface area contributed by atoms with Crippen LogP contribution in [-0.2, 0) is 9.59 Å². The first-order valence-electron chi connectivity index (χ1n) is 6.70. The van der Waals surface area contributed by atoms with Gasteiger partial charge in [0.1, 0.15) is 5.41 Å². The normalized spacial score (nSPS) is 23.6. The largest absolute Gasteiger partial charge is 0.480 e. The third kappa shape index (κ3) is 1.74. The minimum atomic E-state index is -1.15. The number of nitrogens with zero attached hydrogens (tertiary/aromatic N) is 1. The topological polar surface area (TPSA) is 57.6 Å². The van der Waals surface area contributed by atoms with Crippen LogP contribution in [0.1, 0.15) is 37.7 Å². The third-order valence-electron chi connectivity index (χ3n) is 4.36. The molecule has 0 spiro atoms. The zero-order chi connectivity index (χ0) is 13.6. The van der Waals surface area contributed by atoms with Gasteiger partial charge in [-0.05, 0) is 36.8 Å². The number of hydrogen-bond acceptors (Lipinski definition) is 2. The van der Waals surface area contributed by atoms with Crippen LogP contribution in [0.15, 0.2) is 24.3 Å². The van der Waals surface area contributed by atoms with E-state index in [1.807, 2.05) is 24.3 Å². The highest BCUT2D eigenvalue weighted by Crippen LogP contribution is 2.49. The molecule has 1 fully saturated rings. The number of carboxylic acids is 1. The van der Waals surface area contributed by atoms with Gasteiger partial charge < -0.3 is 10.0 Å². The molecule has 2 aliphatic rings. The first-order valence-corrected chi connectivity index (χ1v) is 6.70. The van der Waals surface area contributed by atoms with Crippen molar-refractivity contribution in [3.05, 3.63) is 29.8 Å². The van der Waals surface area contributed by atoms with Crippen LogP contribution in [-0.4, -0.2) is 23.5 Å². The summed E-state index contributed by atoms with van der Waals surface area (Å²) in [5, 5.41) is 9.26. The molecular formula is C15H17NO3. The van der Waals surface area contributed by atoms with E-state index >= 15 is 0 Å². The predicted octanol–water partition coefficient (Wildman–Crippen LogP) is 2.39. The third-order valence-corrected chi connectivity index (χ3v) is 4.36. The van der Waals surface area contributed by atoms with Crippen LogP contribution in [0.5, 0.6) is 0 Å². The Kier molecular flexibility index (Phi) is 2.62. The second-order valence-electron chi connectivity index (χ2n) is 5.59. The molecule has 0 radical (unpaired) electrons. The summed E-state index contributed by atoms with van der Waals surface area (Å²) in [6.07, 6.45) is 1.82. The van der Waals surface area contributed by atoms with E-state index in [0.717, 1.165) is 17.7 Å². The lowest BCUT2D eigenvalue weighted by molar-refractivity contribution is -0.148. The maximum absolute atomic E-state index is 12.5. The molecule has 4 heteroatoms. The molecule has 1 N–H and O–H groups in total. The van der Waals surface area contributed by atoms with Crippen LogP contribution in [0.25, 0.3) is 0 Å². The van der Waals surface area contributed by atoms with Gasteiger partial charge in [0.2, 0.25) is 5.91 Å². The van der Waals surface area contributed by atoms with Crippen molar-refractivity contribution >= 4 is 17.6 Å². The first-order chi connectivity index (χ1) is 9.06. The number of benzene rings is 1. The van der Waals surface area contributed by atoms with E-state index in [2.05, 4.69) is 6.92 Å². The number of anilines is 1. The van der Waals surface area contributed by atoms with Crippen molar-refractivity contribution in [1.82, 2.24) is 0 Å². The van der Waals surface area contributed by atoms with Gasteiger partial charge in [-0.1, -0.05) is 25.1 Å². The number of carbonyl (C=O) groups excluding carboxylic acids is 1. The number of rotatable bonds is 2. The molecule has 1 amide bonds. The quantitative estimate of drug-likeness (QED) is 0.830. The summed E-state index contributed by atoms with van der Waals surface area (Å²) in [4.78, 5) is 25.5. The number of para-hydroxylation sites is 1. The van der Waals surface area contributed by atoms with Crippen LogP contribution in [0.2, 0.25) is 0 Å². The van der Waals surface area contributed by atoms with Gasteiger partial charge in [0.25, 0.3) is 0 Å². The van der Waals surface area contributed by atoms with Crippen molar-refractivity contribution < 1.29 is 14.7 Å². The molecule has 0 saturated heterocycles. The number of amides is 1. The molecule has 1 aliphatic heterocycles. The minimum absolute atomic E-state index is 0.237. The Hall–Kier alpha value is -1.84. The lowest BCUT2D eigenvalue weighted by Gasteiger charge is -2.34. The van der Waals surface area contributed by atoms with Gasteiger partial charge in [0.15, 0.2) is 0 Å². The smallest absolute Gasteiger partial charge is 0.319 e. The molecule has 1 aromatic carbocycles. The standard InChI is InChI=1S/C15H17NO3/c1-10-6-9-16(12-5-3-2-4-11(10)12)13(17)15(7-8-15)14(18)19/h2-5,10H,6-9H2,1H3,(H,18,19). The molecule has 0 bridgehead atoms. The molecule has 1 heterocycles. The fourth-order valence-electron chi connectivity index (χ4n) is 2.86. The Morgan fingerprint density at radius 3 is 2.63 bits per heavy atom. The van der Waals surface area contributed by atoms with Gasteiger partial charge in [-0.25, -0.2) is 0 Å². The lowest BCUT2D eigenvalue weighted by atomic mass is 9.90. The minimum Gasteiger partial charge on any atom is -0.480 e. The summed E-state index contributed by atoms with van der Waals surface area (Å²) in [6, 6.07) is 7.81. The van der Waals surface area contributed by atoms with Crippen molar-refractivity contribution in [2.24, 2.45) is 5.41 Å². The summed E-state index contributed by atoms with van der Waals surface area (Å²) < 4.78 is 0. The molecular weight excluding hydrogens is 242 g/mol. The zero-order valence-corrected chi connectivity index (χ0v) is 10.9. The molecule has 100 valence electrons. The maximum atomic E-state index is 12.5. The van der Waals surface area contributed by atoms with Gasteiger partial charge in [0, 0.05) is 12.2 Å². The predicted molar refractivity (Wildman–Crippen MR) is 71.1 cm³/mol. The Morgan fingerprint density at radius 2 is 2.00 bits per heavy atom.